The molecular weight excluding hydrogens is 498 g/mol. The molecule has 0 spiro atoms. The summed E-state index contributed by atoms with van der Waals surface area (Å²) in [4.78, 5) is 28.9. The Labute approximate surface area is 226 Å². The number of nitrogens with zero attached hydrogens (tertiary/aromatic N) is 2. The predicted molar refractivity (Wildman–Crippen MR) is 151 cm³/mol. The first-order valence-electron chi connectivity index (χ1n) is 12.8. The average Bonchev–Trinajstić information content (AvgIpc) is 2.88. The summed E-state index contributed by atoms with van der Waals surface area (Å²) < 4.78 is 28.9. The third kappa shape index (κ3) is 6.81. The second-order valence-electron chi connectivity index (χ2n) is 9.65. The van der Waals surface area contributed by atoms with Gasteiger partial charge < -0.3 is 10.2 Å². The molecule has 38 heavy (non-hydrogen) atoms. The van der Waals surface area contributed by atoms with Gasteiger partial charge in [-0.05, 0) is 69.0 Å². The van der Waals surface area contributed by atoms with Crippen molar-refractivity contribution in [2.75, 3.05) is 10.8 Å². The van der Waals surface area contributed by atoms with E-state index in [1.54, 1.807) is 30.3 Å². The molecule has 0 saturated carbocycles. The highest BCUT2D eigenvalue weighted by Crippen LogP contribution is 2.27. The van der Waals surface area contributed by atoms with Gasteiger partial charge in [0.15, 0.2) is 0 Å². The van der Waals surface area contributed by atoms with Crippen LogP contribution in [0.2, 0.25) is 0 Å². The Bertz CT molecular complexity index is 1360. The van der Waals surface area contributed by atoms with E-state index in [-0.39, 0.29) is 23.4 Å². The van der Waals surface area contributed by atoms with E-state index in [0.717, 1.165) is 21.0 Å². The molecular formula is C30H37N3O4S. The summed E-state index contributed by atoms with van der Waals surface area (Å²) in [6.45, 7) is 9.08. The molecule has 0 unspecified atom stereocenters. The summed E-state index contributed by atoms with van der Waals surface area (Å²) in [6.07, 6.45) is 0.381. The summed E-state index contributed by atoms with van der Waals surface area (Å²) in [5.74, 6) is -0.723. The molecule has 0 aliphatic heterocycles. The number of benzene rings is 3. The van der Waals surface area contributed by atoms with E-state index in [1.165, 1.54) is 17.0 Å². The van der Waals surface area contributed by atoms with Crippen LogP contribution in [-0.2, 0) is 26.2 Å². The Morgan fingerprint density at radius 1 is 0.842 bits per heavy atom. The molecule has 3 aromatic carbocycles. The van der Waals surface area contributed by atoms with E-state index < -0.39 is 28.5 Å². The van der Waals surface area contributed by atoms with E-state index in [0.29, 0.717) is 12.1 Å². The monoisotopic (exact) mass is 535 g/mol. The van der Waals surface area contributed by atoms with Crippen molar-refractivity contribution in [3.05, 3.63) is 95.6 Å². The normalized spacial score (nSPS) is 12.2. The molecule has 0 aromatic heterocycles. The Morgan fingerprint density at radius 3 is 2.00 bits per heavy atom. The lowest BCUT2D eigenvalue weighted by Gasteiger charge is -2.34. The standard InChI is InChI=1S/C30H37N3O4S/c1-6-27(30(35)31-22(2)3)32(20-25-16-12-10-14-23(25)4)29(34)21-33(28-19-13-11-15-24(28)5)38(36,37)26-17-8-7-9-18-26/h7-19,22,27H,6,20-21H2,1-5H3,(H,31,35)/t27-/m1/s1. The van der Waals surface area contributed by atoms with Crippen LogP contribution in [-0.4, -0.2) is 43.8 Å². The molecule has 0 bridgehead atoms. The third-order valence-electron chi connectivity index (χ3n) is 6.41. The van der Waals surface area contributed by atoms with Gasteiger partial charge in [-0.2, -0.15) is 0 Å². The van der Waals surface area contributed by atoms with Gasteiger partial charge >= 0.3 is 0 Å². The Kier molecular flexibility index (Phi) is 9.69. The number of para-hydroxylation sites is 1. The number of carbonyl (C=O) groups is 2. The summed E-state index contributed by atoms with van der Waals surface area (Å²) in [5.41, 5.74) is 3.01. The van der Waals surface area contributed by atoms with Crippen LogP contribution in [0.15, 0.2) is 83.8 Å². The molecule has 0 aliphatic rings. The van der Waals surface area contributed by atoms with Crippen LogP contribution in [0.3, 0.4) is 0 Å². The maximum absolute atomic E-state index is 14.1. The lowest BCUT2D eigenvalue weighted by atomic mass is 10.1. The van der Waals surface area contributed by atoms with Gasteiger partial charge in [0.25, 0.3) is 10.0 Å². The molecule has 2 amide bonds. The van der Waals surface area contributed by atoms with E-state index in [1.807, 2.05) is 71.0 Å². The molecule has 202 valence electrons. The van der Waals surface area contributed by atoms with Crippen molar-refractivity contribution >= 4 is 27.5 Å². The van der Waals surface area contributed by atoms with E-state index in [2.05, 4.69) is 5.32 Å². The molecule has 3 rings (SSSR count). The minimum absolute atomic E-state index is 0.0890. The maximum Gasteiger partial charge on any atom is 0.264 e. The molecule has 0 aliphatic carbocycles. The summed E-state index contributed by atoms with van der Waals surface area (Å²) in [6, 6.07) is 22.0. The number of carbonyl (C=O) groups excluding carboxylic acids is 2. The van der Waals surface area contributed by atoms with Crippen LogP contribution in [0, 0.1) is 13.8 Å². The fourth-order valence-corrected chi connectivity index (χ4v) is 5.85. The van der Waals surface area contributed by atoms with Gasteiger partial charge in [-0.25, -0.2) is 8.42 Å². The zero-order chi connectivity index (χ0) is 27.9. The fourth-order valence-electron chi connectivity index (χ4n) is 4.35. The number of amides is 2. The molecule has 7 nitrogen and oxygen atoms in total. The van der Waals surface area contributed by atoms with Gasteiger partial charge in [0, 0.05) is 12.6 Å². The topological polar surface area (TPSA) is 86.8 Å². The minimum Gasteiger partial charge on any atom is -0.352 e. The second-order valence-corrected chi connectivity index (χ2v) is 11.5. The van der Waals surface area contributed by atoms with Crippen LogP contribution in [0.1, 0.15) is 43.9 Å². The number of anilines is 1. The quantitative estimate of drug-likeness (QED) is 0.381. The van der Waals surface area contributed by atoms with Gasteiger partial charge in [0.05, 0.1) is 10.6 Å². The van der Waals surface area contributed by atoms with Gasteiger partial charge in [-0.1, -0.05) is 67.6 Å². The molecule has 0 fully saturated rings. The first-order valence-corrected chi connectivity index (χ1v) is 14.3. The lowest BCUT2D eigenvalue weighted by molar-refractivity contribution is -0.140. The van der Waals surface area contributed by atoms with Crippen molar-refractivity contribution < 1.29 is 18.0 Å². The SMILES string of the molecule is CC[C@H](C(=O)NC(C)C)N(Cc1ccccc1C)C(=O)CN(c1ccccc1C)S(=O)(=O)c1ccccc1. The summed E-state index contributed by atoms with van der Waals surface area (Å²) in [5, 5.41) is 2.92. The fraction of sp³-hybridized carbons (Fsp3) is 0.333. The number of rotatable bonds is 11. The van der Waals surface area contributed by atoms with Gasteiger partial charge in [0.2, 0.25) is 11.8 Å². The molecule has 8 heteroatoms. The van der Waals surface area contributed by atoms with Crippen LogP contribution in [0.5, 0.6) is 0 Å². The number of nitrogens with one attached hydrogen (secondary N) is 1. The van der Waals surface area contributed by atoms with Crippen LogP contribution >= 0.6 is 0 Å². The second kappa shape index (κ2) is 12.7. The Hall–Kier alpha value is -3.65. The highest BCUT2D eigenvalue weighted by atomic mass is 32.2. The smallest absolute Gasteiger partial charge is 0.264 e. The molecule has 1 N–H and O–H groups in total. The van der Waals surface area contributed by atoms with Crippen molar-refractivity contribution in [2.24, 2.45) is 0 Å². The minimum atomic E-state index is -4.07. The first kappa shape index (κ1) is 28.9. The van der Waals surface area contributed by atoms with Crippen LogP contribution < -0.4 is 9.62 Å². The van der Waals surface area contributed by atoms with Crippen molar-refractivity contribution in [3.8, 4) is 0 Å². The zero-order valence-electron chi connectivity index (χ0n) is 22.7. The molecule has 0 saturated heterocycles. The van der Waals surface area contributed by atoms with Crippen molar-refractivity contribution in [2.45, 2.75) is 64.6 Å². The van der Waals surface area contributed by atoms with Gasteiger partial charge in [0.1, 0.15) is 12.6 Å². The molecule has 0 heterocycles. The number of aryl methyl sites for hydroxylation is 2. The molecule has 0 radical (unpaired) electrons. The highest BCUT2D eigenvalue weighted by molar-refractivity contribution is 7.92. The predicted octanol–water partition coefficient (Wildman–Crippen LogP) is 4.83. The van der Waals surface area contributed by atoms with E-state index >= 15 is 0 Å². The van der Waals surface area contributed by atoms with Crippen LogP contribution in [0.25, 0.3) is 0 Å². The molecule has 3 aromatic rings. The zero-order valence-corrected chi connectivity index (χ0v) is 23.5. The Morgan fingerprint density at radius 2 is 1.42 bits per heavy atom. The molecule has 1 atom stereocenters. The van der Waals surface area contributed by atoms with E-state index in [4.69, 9.17) is 0 Å². The first-order chi connectivity index (χ1) is 18.1. The Balaban J connectivity index is 2.08. The van der Waals surface area contributed by atoms with Crippen LogP contribution in [0.4, 0.5) is 5.69 Å². The van der Waals surface area contributed by atoms with Crippen molar-refractivity contribution in [1.82, 2.24) is 10.2 Å². The van der Waals surface area contributed by atoms with Gasteiger partial charge in [-0.15, -0.1) is 0 Å². The van der Waals surface area contributed by atoms with Gasteiger partial charge in [-0.3, -0.25) is 13.9 Å². The number of sulfonamides is 1. The summed E-state index contributed by atoms with van der Waals surface area (Å²) >= 11 is 0. The third-order valence-corrected chi connectivity index (χ3v) is 8.19. The number of hydrogen-bond donors (Lipinski definition) is 1. The highest BCUT2D eigenvalue weighted by Gasteiger charge is 2.34. The summed E-state index contributed by atoms with van der Waals surface area (Å²) in [7, 11) is -4.07. The van der Waals surface area contributed by atoms with E-state index in [9.17, 15) is 18.0 Å². The van der Waals surface area contributed by atoms with Crippen molar-refractivity contribution in [3.63, 3.8) is 0 Å². The van der Waals surface area contributed by atoms with Crippen molar-refractivity contribution in [1.29, 1.82) is 0 Å². The lowest BCUT2D eigenvalue weighted by Crippen LogP contribution is -2.53. The number of hydrogen-bond acceptors (Lipinski definition) is 4. The largest absolute Gasteiger partial charge is 0.352 e. The average molecular weight is 536 g/mol. The maximum atomic E-state index is 14.1.